The fourth-order valence-electron chi connectivity index (χ4n) is 4.09. The minimum absolute atomic E-state index is 0.00166. The highest BCUT2D eigenvalue weighted by Crippen LogP contribution is 2.36. The van der Waals surface area contributed by atoms with E-state index < -0.39 is 9.84 Å². The smallest absolute Gasteiger partial charge is 0.325 e. The highest BCUT2D eigenvalue weighted by Gasteiger charge is 2.53. The summed E-state index contributed by atoms with van der Waals surface area (Å²) >= 11 is 0. The van der Waals surface area contributed by atoms with Crippen LogP contribution in [-0.4, -0.2) is 49.5 Å². The predicted octanol–water partition coefficient (Wildman–Crippen LogP) is 3.34. The van der Waals surface area contributed by atoms with Crippen molar-refractivity contribution in [3.05, 3.63) is 66.2 Å². The number of urea groups is 1. The first kappa shape index (κ1) is 19.5. The molecule has 2 heterocycles. The van der Waals surface area contributed by atoms with Crippen LogP contribution in [0.4, 0.5) is 10.5 Å². The van der Waals surface area contributed by atoms with Crippen molar-refractivity contribution < 1.29 is 17.9 Å². The standard InChI is InChI=1S/C22H24N2O4S/c1-3-16-5-7-17(8-6-16)13-23-20-14-29(26,27)15-21(20)24(22(23)25)18-9-11-19(12-10-18)28-4-2/h3,5-12,20-21H,1,4,13-15H2,2H3/t20-,21+/m1/s1. The molecule has 2 aliphatic rings. The molecule has 0 unspecified atom stereocenters. The van der Waals surface area contributed by atoms with Crippen LogP contribution < -0.4 is 9.64 Å². The van der Waals surface area contributed by atoms with E-state index in [2.05, 4.69) is 6.58 Å². The van der Waals surface area contributed by atoms with Crippen molar-refractivity contribution in [2.24, 2.45) is 0 Å². The molecule has 2 atom stereocenters. The molecule has 0 saturated carbocycles. The van der Waals surface area contributed by atoms with Gasteiger partial charge in [-0.2, -0.15) is 0 Å². The van der Waals surface area contributed by atoms with Crippen LogP contribution in [-0.2, 0) is 16.4 Å². The maximum Gasteiger partial charge on any atom is 0.325 e. The maximum atomic E-state index is 13.3. The molecule has 2 saturated heterocycles. The van der Waals surface area contributed by atoms with Gasteiger partial charge in [-0.25, -0.2) is 13.2 Å². The molecule has 2 aromatic rings. The SMILES string of the molecule is C=Cc1ccc(CN2C(=O)N(c3ccc(OCC)cc3)[C@H]3CS(=O)(=O)C[C@H]32)cc1. The number of benzene rings is 2. The molecule has 0 aliphatic carbocycles. The Morgan fingerprint density at radius 3 is 2.34 bits per heavy atom. The molecule has 29 heavy (non-hydrogen) atoms. The largest absolute Gasteiger partial charge is 0.494 e. The summed E-state index contributed by atoms with van der Waals surface area (Å²) in [5.41, 5.74) is 2.65. The van der Waals surface area contributed by atoms with Crippen LogP contribution in [0.15, 0.2) is 55.1 Å². The van der Waals surface area contributed by atoms with E-state index in [9.17, 15) is 13.2 Å². The molecule has 2 aliphatic heterocycles. The minimum Gasteiger partial charge on any atom is -0.494 e. The fraction of sp³-hybridized carbons (Fsp3) is 0.318. The molecule has 2 amide bonds. The van der Waals surface area contributed by atoms with Crippen LogP contribution in [0, 0.1) is 0 Å². The van der Waals surface area contributed by atoms with Crippen LogP contribution in [0.5, 0.6) is 5.75 Å². The molecular formula is C22H24N2O4S. The van der Waals surface area contributed by atoms with Crippen molar-refractivity contribution in [1.29, 1.82) is 0 Å². The Hall–Kier alpha value is -2.80. The molecule has 2 fully saturated rings. The topological polar surface area (TPSA) is 66.9 Å². The zero-order chi connectivity index (χ0) is 20.6. The fourth-order valence-corrected chi connectivity index (χ4v) is 6.04. The lowest BCUT2D eigenvalue weighted by Crippen LogP contribution is -2.37. The van der Waals surface area contributed by atoms with Crippen molar-refractivity contribution in [2.75, 3.05) is 23.0 Å². The van der Waals surface area contributed by atoms with E-state index in [0.717, 1.165) is 16.9 Å². The Balaban J connectivity index is 1.64. The second-order valence-electron chi connectivity index (χ2n) is 7.36. The van der Waals surface area contributed by atoms with Gasteiger partial charge >= 0.3 is 6.03 Å². The van der Waals surface area contributed by atoms with Crippen molar-refractivity contribution in [2.45, 2.75) is 25.6 Å². The Bertz CT molecular complexity index is 1020. The lowest BCUT2D eigenvalue weighted by atomic mass is 10.1. The number of nitrogens with zero attached hydrogens (tertiary/aromatic N) is 2. The molecule has 0 radical (unpaired) electrons. The quantitative estimate of drug-likeness (QED) is 0.683. The van der Waals surface area contributed by atoms with Crippen molar-refractivity contribution in [3.63, 3.8) is 0 Å². The Morgan fingerprint density at radius 2 is 1.72 bits per heavy atom. The lowest BCUT2D eigenvalue weighted by Gasteiger charge is -2.23. The van der Waals surface area contributed by atoms with Crippen LogP contribution in [0.2, 0.25) is 0 Å². The number of carbonyl (C=O) groups excluding carboxylic acids is 1. The number of rotatable bonds is 6. The number of carbonyl (C=O) groups is 1. The molecule has 0 bridgehead atoms. The monoisotopic (exact) mass is 412 g/mol. The summed E-state index contributed by atoms with van der Waals surface area (Å²) in [7, 11) is -3.20. The highest BCUT2D eigenvalue weighted by molar-refractivity contribution is 7.91. The van der Waals surface area contributed by atoms with E-state index in [4.69, 9.17) is 4.74 Å². The number of hydrogen-bond donors (Lipinski definition) is 0. The summed E-state index contributed by atoms with van der Waals surface area (Å²) in [6.45, 7) is 6.59. The van der Waals surface area contributed by atoms with E-state index >= 15 is 0 Å². The zero-order valence-electron chi connectivity index (χ0n) is 16.3. The second kappa shape index (κ2) is 7.55. The van der Waals surface area contributed by atoms with Gasteiger partial charge < -0.3 is 9.64 Å². The molecule has 4 rings (SSSR count). The molecule has 2 aromatic carbocycles. The summed E-state index contributed by atoms with van der Waals surface area (Å²) in [6, 6.07) is 14.1. The van der Waals surface area contributed by atoms with E-state index in [1.165, 1.54) is 0 Å². The van der Waals surface area contributed by atoms with Crippen LogP contribution >= 0.6 is 0 Å². The molecular weight excluding hydrogens is 388 g/mol. The highest BCUT2D eigenvalue weighted by atomic mass is 32.2. The molecule has 0 spiro atoms. The first-order chi connectivity index (χ1) is 13.9. The van der Waals surface area contributed by atoms with Gasteiger partial charge in [0.1, 0.15) is 5.75 Å². The van der Waals surface area contributed by atoms with Crippen molar-refractivity contribution in [3.8, 4) is 5.75 Å². The van der Waals surface area contributed by atoms with Crippen LogP contribution in [0.1, 0.15) is 18.1 Å². The maximum absolute atomic E-state index is 13.3. The zero-order valence-corrected chi connectivity index (χ0v) is 17.1. The van der Waals surface area contributed by atoms with Gasteiger partial charge in [0.25, 0.3) is 0 Å². The minimum atomic E-state index is -3.20. The Labute approximate surface area is 171 Å². The van der Waals surface area contributed by atoms with E-state index in [1.54, 1.807) is 28.0 Å². The Kier molecular flexibility index (Phi) is 5.08. The molecule has 6 nitrogen and oxygen atoms in total. The number of anilines is 1. The van der Waals surface area contributed by atoms with Gasteiger partial charge in [-0.1, -0.05) is 36.9 Å². The summed E-state index contributed by atoms with van der Waals surface area (Å²) in [4.78, 5) is 16.6. The first-order valence-electron chi connectivity index (χ1n) is 9.66. The number of amides is 2. The van der Waals surface area contributed by atoms with Crippen LogP contribution in [0.3, 0.4) is 0 Å². The molecule has 7 heteroatoms. The Morgan fingerprint density at radius 1 is 1.07 bits per heavy atom. The van der Waals surface area contributed by atoms with Crippen molar-refractivity contribution in [1.82, 2.24) is 4.90 Å². The van der Waals surface area contributed by atoms with E-state index in [-0.39, 0.29) is 29.6 Å². The predicted molar refractivity (Wildman–Crippen MR) is 114 cm³/mol. The average Bonchev–Trinajstić information content (AvgIpc) is 3.14. The summed E-state index contributed by atoms with van der Waals surface area (Å²) in [5, 5.41) is 0. The number of hydrogen-bond acceptors (Lipinski definition) is 4. The summed E-state index contributed by atoms with van der Waals surface area (Å²) < 4.78 is 30.2. The third kappa shape index (κ3) is 3.74. The normalized spacial score (nSPS) is 22.6. The van der Waals surface area contributed by atoms with E-state index in [0.29, 0.717) is 18.8 Å². The van der Waals surface area contributed by atoms with Gasteiger partial charge in [0.05, 0.1) is 30.2 Å². The van der Waals surface area contributed by atoms with Crippen molar-refractivity contribution >= 4 is 27.6 Å². The number of ether oxygens (including phenoxy) is 1. The van der Waals surface area contributed by atoms with Gasteiger partial charge in [0.15, 0.2) is 9.84 Å². The van der Waals surface area contributed by atoms with Crippen LogP contribution in [0.25, 0.3) is 6.08 Å². The van der Waals surface area contributed by atoms with Gasteiger partial charge in [0.2, 0.25) is 0 Å². The van der Waals surface area contributed by atoms with Gasteiger partial charge in [0, 0.05) is 12.2 Å². The molecule has 0 N–H and O–H groups in total. The second-order valence-corrected chi connectivity index (χ2v) is 9.52. The summed E-state index contributed by atoms with van der Waals surface area (Å²) in [5.74, 6) is 0.710. The number of fused-ring (bicyclic) bond motifs is 1. The summed E-state index contributed by atoms with van der Waals surface area (Å²) in [6.07, 6.45) is 1.76. The average molecular weight is 413 g/mol. The van der Waals surface area contributed by atoms with E-state index in [1.807, 2.05) is 43.3 Å². The lowest BCUT2D eigenvalue weighted by molar-refractivity contribution is 0.206. The van der Waals surface area contributed by atoms with Gasteiger partial charge in [-0.3, -0.25) is 4.90 Å². The molecule has 0 aromatic heterocycles. The van der Waals surface area contributed by atoms with Gasteiger partial charge in [-0.15, -0.1) is 0 Å². The third-order valence-electron chi connectivity index (χ3n) is 5.47. The number of sulfone groups is 1. The van der Waals surface area contributed by atoms with Gasteiger partial charge in [-0.05, 0) is 42.3 Å². The first-order valence-corrected chi connectivity index (χ1v) is 11.5. The molecule has 152 valence electrons. The third-order valence-corrected chi connectivity index (χ3v) is 7.17.